The van der Waals surface area contributed by atoms with E-state index in [4.69, 9.17) is 5.11 Å². The molecule has 1 amide bonds. The third-order valence-corrected chi connectivity index (χ3v) is 4.30. The van der Waals surface area contributed by atoms with E-state index in [1.165, 1.54) is 12.8 Å². The van der Waals surface area contributed by atoms with Crippen molar-refractivity contribution in [2.75, 3.05) is 13.1 Å². The van der Waals surface area contributed by atoms with Crippen LogP contribution >= 0.6 is 0 Å². The summed E-state index contributed by atoms with van der Waals surface area (Å²) in [5.74, 6) is -0.277. The first-order valence-corrected chi connectivity index (χ1v) is 6.87. The smallest absolute Gasteiger partial charge is 0.305 e. The first-order valence-electron chi connectivity index (χ1n) is 6.87. The van der Waals surface area contributed by atoms with Crippen LogP contribution in [0.25, 0.3) is 0 Å². The van der Waals surface area contributed by atoms with Gasteiger partial charge in [0.2, 0.25) is 5.91 Å². The van der Waals surface area contributed by atoms with Crippen molar-refractivity contribution >= 4 is 11.9 Å². The highest BCUT2D eigenvalue weighted by atomic mass is 16.4. The Labute approximate surface area is 108 Å². The Balaban J connectivity index is 2.03. The minimum absolute atomic E-state index is 0.0842. The van der Waals surface area contributed by atoms with Crippen LogP contribution in [0, 0.1) is 5.92 Å². The molecule has 1 aliphatic heterocycles. The number of carbonyl (C=O) groups is 2. The largest absolute Gasteiger partial charge is 0.481 e. The molecule has 1 saturated carbocycles. The number of nitrogens with zero attached hydrogens (tertiary/aromatic N) is 1. The summed E-state index contributed by atoms with van der Waals surface area (Å²) in [6, 6.07) is -0.0813. The van der Waals surface area contributed by atoms with Crippen molar-refractivity contribution in [2.45, 2.75) is 51.1 Å². The summed E-state index contributed by atoms with van der Waals surface area (Å²) >= 11 is 0. The van der Waals surface area contributed by atoms with E-state index in [0.717, 1.165) is 25.3 Å². The molecule has 5 heteroatoms. The Morgan fingerprint density at radius 1 is 1.50 bits per heavy atom. The van der Waals surface area contributed by atoms with Gasteiger partial charge in [0.05, 0.1) is 12.5 Å². The highest BCUT2D eigenvalue weighted by Gasteiger charge is 2.38. The number of carboxylic acid groups (broad SMARTS) is 1. The summed E-state index contributed by atoms with van der Waals surface area (Å²) in [7, 11) is 0. The fourth-order valence-electron chi connectivity index (χ4n) is 3.27. The van der Waals surface area contributed by atoms with Crippen molar-refractivity contribution < 1.29 is 14.7 Å². The maximum Gasteiger partial charge on any atom is 0.305 e. The van der Waals surface area contributed by atoms with Crippen molar-refractivity contribution in [3.05, 3.63) is 0 Å². The van der Waals surface area contributed by atoms with Gasteiger partial charge >= 0.3 is 5.97 Å². The predicted octanol–water partition coefficient (Wildman–Crippen LogP) is 0.840. The zero-order valence-electron chi connectivity index (χ0n) is 10.9. The first kappa shape index (κ1) is 13.3. The van der Waals surface area contributed by atoms with Crippen LogP contribution in [0.1, 0.15) is 39.0 Å². The molecule has 3 unspecified atom stereocenters. The van der Waals surface area contributed by atoms with Crippen LogP contribution in [0.15, 0.2) is 0 Å². The SMILES string of the molecule is CCC1CCC(N2CCNC(=O)C2CC(=O)O)C1. The summed E-state index contributed by atoms with van der Waals surface area (Å²) < 4.78 is 0. The molecule has 2 N–H and O–H groups in total. The number of rotatable bonds is 4. The van der Waals surface area contributed by atoms with Gasteiger partial charge in [-0.25, -0.2) is 0 Å². The Bertz CT molecular complexity index is 332. The molecular weight excluding hydrogens is 232 g/mol. The maximum atomic E-state index is 11.8. The summed E-state index contributed by atoms with van der Waals surface area (Å²) in [6.07, 6.45) is 4.51. The molecule has 3 atom stereocenters. The molecule has 5 nitrogen and oxygen atoms in total. The second-order valence-electron chi connectivity index (χ2n) is 5.38. The molecule has 1 aliphatic carbocycles. The first-order chi connectivity index (χ1) is 8.61. The topological polar surface area (TPSA) is 69.6 Å². The number of piperazine rings is 1. The van der Waals surface area contributed by atoms with Crippen LogP contribution in [-0.4, -0.2) is 47.1 Å². The van der Waals surface area contributed by atoms with Crippen LogP contribution in [0.5, 0.6) is 0 Å². The third-order valence-electron chi connectivity index (χ3n) is 4.30. The summed E-state index contributed by atoms with van der Waals surface area (Å²) in [6.45, 7) is 3.62. The number of carbonyl (C=O) groups excluding carboxylic acids is 1. The van der Waals surface area contributed by atoms with Crippen molar-refractivity contribution in [1.29, 1.82) is 0 Å². The Morgan fingerprint density at radius 2 is 2.28 bits per heavy atom. The molecule has 2 aliphatic rings. The van der Waals surface area contributed by atoms with E-state index in [2.05, 4.69) is 17.1 Å². The number of hydrogen-bond donors (Lipinski definition) is 2. The van der Waals surface area contributed by atoms with Gasteiger partial charge in [0.1, 0.15) is 0 Å². The van der Waals surface area contributed by atoms with Gasteiger partial charge in [0, 0.05) is 19.1 Å². The lowest BCUT2D eigenvalue weighted by Crippen LogP contribution is -2.58. The van der Waals surface area contributed by atoms with E-state index < -0.39 is 12.0 Å². The molecule has 1 heterocycles. The summed E-state index contributed by atoms with van der Waals surface area (Å²) in [5.41, 5.74) is 0. The molecule has 0 bridgehead atoms. The fourth-order valence-corrected chi connectivity index (χ4v) is 3.27. The average Bonchev–Trinajstić information content (AvgIpc) is 2.80. The van der Waals surface area contributed by atoms with Crippen LogP contribution < -0.4 is 5.32 Å². The lowest BCUT2D eigenvalue weighted by molar-refractivity contribution is -0.144. The fraction of sp³-hybridized carbons (Fsp3) is 0.846. The van der Waals surface area contributed by atoms with E-state index in [1.807, 2.05) is 0 Å². The zero-order chi connectivity index (χ0) is 13.1. The van der Waals surface area contributed by atoms with Gasteiger partial charge in [-0.15, -0.1) is 0 Å². The van der Waals surface area contributed by atoms with Crippen LogP contribution in [0.2, 0.25) is 0 Å². The second kappa shape index (κ2) is 5.69. The zero-order valence-corrected chi connectivity index (χ0v) is 10.9. The van der Waals surface area contributed by atoms with Crippen molar-refractivity contribution in [2.24, 2.45) is 5.92 Å². The lowest BCUT2D eigenvalue weighted by atomic mass is 10.0. The minimum atomic E-state index is -0.896. The highest BCUT2D eigenvalue weighted by Crippen LogP contribution is 2.33. The summed E-state index contributed by atoms with van der Waals surface area (Å²) in [4.78, 5) is 24.8. The van der Waals surface area contributed by atoms with E-state index in [-0.39, 0.29) is 12.3 Å². The molecule has 2 rings (SSSR count). The van der Waals surface area contributed by atoms with E-state index in [1.54, 1.807) is 0 Å². The lowest BCUT2D eigenvalue weighted by Gasteiger charge is -2.38. The number of aliphatic carboxylic acids is 1. The van der Waals surface area contributed by atoms with E-state index in [9.17, 15) is 9.59 Å². The molecule has 0 radical (unpaired) electrons. The monoisotopic (exact) mass is 254 g/mol. The van der Waals surface area contributed by atoms with Crippen molar-refractivity contribution in [3.63, 3.8) is 0 Å². The molecule has 0 aromatic rings. The average molecular weight is 254 g/mol. The molecule has 2 fully saturated rings. The number of hydrogen-bond acceptors (Lipinski definition) is 3. The van der Waals surface area contributed by atoms with E-state index >= 15 is 0 Å². The normalized spacial score (nSPS) is 33.4. The van der Waals surface area contributed by atoms with Crippen LogP contribution in [-0.2, 0) is 9.59 Å². The highest BCUT2D eigenvalue weighted by molar-refractivity contribution is 5.86. The van der Waals surface area contributed by atoms with Gasteiger partial charge in [-0.3, -0.25) is 14.5 Å². The molecule has 18 heavy (non-hydrogen) atoms. The minimum Gasteiger partial charge on any atom is -0.481 e. The van der Waals surface area contributed by atoms with Crippen molar-refractivity contribution in [1.82, 2.24) is 10.2 Å². The van der Waals surface area contributed by atoms with Crippen molar-refractivity contribution in [3.8, 4) is 0 Å². The summed E-state index contributed by atoms with van der Waals surface area (Å²) in [5, 5.41) is 11.7. The second-order valence-corrected chi connectivity index (χ2v) is 5.38. The maximum absolute atomic E-state index is 11.8. The molecule has 0 aromatic heterocycles. The molecule has 102 valence electrons. The standard InChI is InChI=1S/C13H22N2O3/c1-2-9-3-4-10(7-9)15-6-5-14-13(18)11(15)8-12(16)17/h9-11H,2-8H2,1H3,(H,14,18)(H,16,17). The van der Waals surface area contributed by atoms with Gasteiger partial charge in [0.15, 0.2) is 0 Å². The molecule has 0 aromatic carbocycles. The van der Waals surface area contributed by atoms with Gasteiger partial charge in [-0.1, -0.05) is 13.3 Å². The Kier molecular flexibility index (Phi) is 4.22. The molecule has 0 spiro atoms. The quantitative estimate of drug-likeness (QED) is 0.780. The third kappa shape index (κ3) is 2.83. The Morgan fingerprint density at radius 3 is 2.89 bits per heavy atom. The number of carboxylic acids is 1. The number of amides is 1. The van der Waals surface area contributed by atoms with Crippen LogP contribution in [0.4, 0.5) is 0 Å². The van der Waals surface area contributed by atoms with Gasteiger partial charge in [-0.2, -0.15) is 0 Å². The van der Waals surface area contributed by atoms with Gasteiger partial charge < -0.3 is 10.4 Å². The van der Waals surface area contributed by atoms with E-state index in [0.29, 0.717) is 12.6 Å². The molecule has 1 saturated heterocycles. The van der Waals surface area contributed by atoms with Gasteiger partial charge in [-0.05, 0) is 25.2 Å². The number of nitrogens with one attached hydrogen (secondary N) is 1. The Hall–Kier alpha value is -1.10. The van der Waals surface area contributed by atoms with Gasteiger partial charge in [0.25, 0.3) is 0 Å². The van der Waals surface area contributed by atoms with Crippen LogP contribution in [0.3, 0.4) is 0 Å². The molecular formula is C13H22N2O3. The predicted molar refractivity (Wildman–Crippen MR) is 67.2 cm³/mol.